The highest BCUT2D eigenvalue weighted by Gasteiger charge is 2.30. The third-order valence-corrected chi connectivity index (χ3v) is 5.59. The molecule has 2 nitrogen and oxygen atoms in total. The highest BCUT2D eigenvalue weighted by atomic mass is 79.9. The summed E-state index contributed by atoms with van der Waals surface area (Å²) < 4.78 is 1.46. The maximum Gasteiger partial charge on any atom is 0.140 e. The van der Waals surface area contributed by atoms with E-state index < -0.39 is 0 Å². The number of thioether (sulfide) groups is 1. The molecule has 0 atom stereocenters. The van der Waals surface area contributed by atoms with Gasteiger partial charge in [0, 0.05) is 17.5 Å². The van der Waals surface area contributed by atoms with Gasteiger partial charge in [-0.05, 0) is 47.2 Å². The summed E-state index contributed by atoms with van der Waals surface area (Å²) in [6.07, 6.45) is 10.9. The summed E-state index contributed by atoms with van der Waals surface area (Å²) in [6, 6.07) is 3.97. The number of halogens is 1. The van der Waals surface area contributed by atoms with Crippen LogP contribution < -0.4 is 5.32 Å². The van der Waals surface area contributed by atoms with E-state index in [1.54, 1.807) is 0 Å². The van der Waals surface area contributed by atoms with Crippen LogP contribution in [0.1, 0.15) is 32.1 Å². The molecule has 1 saturated carbocycles. The van der Waals surface area contributed by atoms with E-state index in [-0.39, 0.29) is 0 Å². The Hall–Kier alpha value is -0.220. The molecule has 94 valence electrons. The molecule has 0 saturated heterocycles. The van der Waals surface area contributed by atoms with Crippen LogP contribution in [0.2, 0.25) is 0 Å². The van der Waals surface area contributed by atoms with E-state index in [1.807, 2.05) is 30.1 Å². The van der Waals surface area contributed by atoms with Gasteiger partial charge in [0.25, 0.3) is 0 Å². The molecule has 0 amide bonds. The molecular formula is C13H19BrN2S. The van der Waals surface area contributed by atoms with Crippen LogP contribution in [0.3, 0.4) is 0 Å². The van der Waals surface area contributed by atoms with Crippen LogP contribution in [0.15, 0.2) is 22.8 Å². The molecule has 0 spiro atoms. The van der Waals surface area contributed by atoms with E-state index in [1.165, 1.54) is 32.1 Å². The van der Waals surface area contributed by atoms with Crippen molar-refractivity contribution < 1.29 is 0 Å². The summed E-state index contributed by atoms with van der Waals surface area (Å²) in [5.74, 6) is 0.964. The second-order valence-corrected chi connectivity index (χ2v) is 6.76. The van der Waals surface area contributed by atoms with E-state index in [2.05, 4.69) is 32.5 Å². The normalized spacial score (nSPS) is 18.9. The molecule has 4 heteroatoms. The quantitative estimate of drug-likeness (QED) is 0.895. The summed E-state index contributed by atoms with van der Waals surface area (Å²) in [4.78, 5) is 4.36. The van der Waals surface area contributed by atoms with Crippen LogP contribution in [0.4, 0.5) is 5.82 Å². The van der Waals surface area contributed by atoms with E-state index in [4.69, 9.17) is 0 Å². The zero-order valence-electron chi connectivity index (χ0n) is 10.2. The monoisotopic (exact) mass is 314 g/mol. The maximum absolute atomic E-state index is 4.36. The second kappa shape index (κ2) is 6.10. The van der Waals surface area contributed by atoms with E-state index in [0.29, 0.717) is 4.75 Å². The van der Waals surface area contributed by atoms with Gasteiger partial charge in [0.2, 0.25) is 0 Å². The van der Waals surface area contributed by atoms with Gasteiger partial charge in [0.15, 0.2) is 0 Å². The molecule has 17 heavy (non-hydrogen) atoms. The van der Waals surface area contributed by atoms with Crippen molar-refractivity contribution in [2.45, 2.75) is 36.9 Å². The first-order chi connectivity index (χ1) is 8.26. The van der Waals surface area contributed by atoms with Crippen molar-refractivity contribution in [2.75, 3.05) is 18.1 Å². The van der Waals surface area contributed by atoms with Crippen LogP contribution >= 0.6 is 27.7 Å². The number of hydrogen-bond donors (Lipinski definition) is 1. The number of nitrogens with zero attached hydrogens (tertiary/aromatic N) is 1. The van der Waals surface area contributed by atoms with Crippen molar-refractivity contribution in [3.63, 3.8) is 0 Å². The topological polar surface area (TPSA) is 24.9 Å². The van der Waals surface area contributed by atoms with Gasteiger partial charge in [-0.1, -0.05) is 19.3 Å². The van der Waals surface area contributed by atoms with Gasteiger partial charge in [-0.3, -0.25) is 0 Å². The Labute approximate surface area is 116 Å². The Morgan fingerprint density at radius 1 is 1.41 bits per heavy atom. The Bertz CT molecular complexity index is 364. The Morgan fingerprint density at radius 3 is 2.82 bits per heavy atom. The van der Waals surface area contributed by atoms with Crippen LogP contribution in [0.5, 0.6) is 0 Å². The number of aromatic nitrogens is 1. The molecule has 0 aromatic carbocycles. The smallest absolute Gasteiger partial charge is 0.140 e. The molecule has 1 heterocycles. The largest absolute Gasteiger partial charge is 0.368 e. The van der Waals surface area contributed by atoms with Gasteiger partial charge in [-0.15, -0.1) is 0 Å². The third-order valence-electron chi connectivity index (χ3n) is 3.53. The van der Waals surface area contributed by atoms with Crippen LogP contribution in [-0.4, -0.2) is 22.5 Å². The fourth-order valence-corrected chi connectivity index (χ4v) is 3.72. The molecule has 0 unspecified atom stereocenters. The molecule has 1 N–H and O–H groups in total. The summed E-state index contributed by atoms with van der Waals surface area (Å²) in [5, 5.41) is 3.50. The average Bonchev–Trinajstić information content (AvgIpc) is 2.39. The number of nitrogens with one attached hydrogen (secondary N) is 1. The predicted molar refractivity (Wildman–Crippen MR) is 79.8 cm³/mol. The Kier molecular flexibility index (Phi) is 4.74. The molecule has 1 fully saturated rings. The molecule has 1 aliphatic carbocycles. The first-order valence-electron chi connectivity index (χ1n) is 6.15. The summed E-state index contributed by atoms with van der Waals surface area (Å²) in [7, 11) is 0. The zero-order chi connectivity index (χ0) is 12.1. The summed E-state index contributed by atoms with van der Waals surface area (Å²) in [5.41, 5.74) is 0. The van der Waals surface area contributed by atoms with Crippen molar-refractivity contribution in [2.24, 2.45) is 0 Å². The number of rotatable bonds is 4. The van der Waals surface area contributed by atoms with Gasteiger partial charge in [-0.2, -0.15) is 11.8 Å². The molecule has 1 aromatic heterocycles. The minimum absolute atomic E-state index is 0.412. The second-order valence-electron chi connectivity index (χ2n) is 4.64. The highest BCUT2D eigenvalue weighted by Crippen LogP contribution is 2.38. The van der Waals surface area contributed by atoms with Gasteiger partial charge >= 0.3 is 0 Å². The van der Waals surface area contributed by atoms with Gasteiger partial charge in [0.05, 0.1) is 4.47 Å². The number of hydrogen-bond acceptors (Lipinski definition) is 3. The number of anilines is 1. The first-order valence-corrected chi connectivity index (χ1v) is 8.17. The van der Waals surface area contributed by atoms with E-state index in [0.717, 1.165) is 16.8 Å². The fraction of sp³-hybridized carbons (Fsp3) is 0.615. The maximum atomic E-state index is 4.36. The molecule has 1 aromatic rings. The molecule has 0 aliphatic heterocycles. The lowest BCUT2D eigenvalue weighted by molar-refractivity contribution is 0.411. The fourth-order valence-electron chi connectivity index (χ4n) is 2.41. The molecule has 0 bridgehead atoms. The third kappa shape index (κ3) is 3.38. The average molecular weight is 315 g/mol. The molecular weight excluding hydrogens is 296 g/mol. The lowest BCUT2D eigenvalue weighted by Gasteiger charge is -2.36. The van der Waals surface area contributed by atoms with Crippen molar-refractivity contribution in [3.05, 3.63) is 22.8 Å². The first kappa shape index (κ1) is 13.2. The van der Waals surface area contributed by atoms with Crippen LogP contribution in [-0.2, 0) is 0 Å². The van der Waals surface area contributed by atoms with Gasteiger partial charge in [-0.25, -0.2) is 4.98 Å². The SMILES string of the molecule is CSC1(CNc2ncccc2Br)CCCCC1. The molecule has 1 aliphatic rings. The summed E-state index contributed by atoms with van der Waals surface area (Å²) in [6.45, 7) is 1.02. The van der Waals surface area contributed by atoms with Gasteiger partial charge in [0.1, 0.15) is 5.82 Å². The van der Waals surface area contributed by atoms with Crippen LogP contribution in [0, 0.1) is 0 Å². The van der Waals surface area contributed by atoms with Crippen LogP contribution in [0.25, 0.3) is 0 Å². The van der Waals surface area contributed by atoms with Crippen molar-refractivity contribution in [1.29, 1.82) is 0 Å². The van der Waals surface area contributed by atoms with E-state index >= 15 is 0 Å². The Morgan fingerprint density at radius 2 is 2.18 bits per heavy atom. The lowest BCUT2D eigenvalue weighted by Crippen LogP contribution is -2.35. The minimum atomic E-state index is 0.412. The van der Waals surface area contributed by atoms with Crippen molar-refractivity contribution in [1.82, 2.24) is 4.98 Å². The Balaban J connectivity index is 1.98. The zero-order valence-corrected chi connectivity index (χ0v) is 12.6. The van der Waals surface area contributed by atoms with E-state index in [9.17, 15) is 0 Å². The van der Waals surface area contributed by atoms with Crippen molar-refractivity contribution >= 4 is 33.5 Å². The number of pyridine rings is 1. The predicted octanol–water partition coefficient (Wildman–Crippen LogP) is 4.32. The molecule has 0 radical (unpaired) electrons. The standard InChI is InChI=1S/C13H19BrN2S/c1-17-13(7-3-2-4-8-13)10-16-12-11(14)6-5-9-15-12/h5-6,9H,2-4,7-8,10H2,1H3,(H,15,16). The molecule has 2 rings (SSSR count). The van der Waals surface area contributed by atoms with Gasteiger partial charge < -0.3 is 5.32 Å². The van der Waals surface area contributed by atoms with Crippen molar-refractivity contribution in [3.8, 4) is 0 Å². The summed E-state index contributed by atoms with van der Waals surface area (Å²) >= 11 is 5.54. The minimum Gasteiger partial charge on any atom is -0.368 e. The highest BCUT2D eigenvalue weighted by molar-refractivity contribution is 9.10. The lowest BCUT2D eigenvalue weighted by atomic mass is 9.88.